The normalized spacial score (nSPS) is 35.7. The highest BCUT2D eigenvalue weighted by atomic mass is 16.7. The fourth-order valence-corrected chi connectivity index (χ4v) is 12.8. The Labute approximate surface area is 337 Å². The van der Waals surface area contributed by atoms with Crippen molar-refractivity contribution in [1.82, 2.24) is 9.80 Å². The van der Waals surface area contributed by atoms with E-state index in [1.807, 2.05) is 52.2 Å². The average molecular weight is 801 g/mol. The Morgan fingerprint density at radius 1 is 0.724 bits per heavy atom. The third-order valence-electron chi connectivity index (χ3n) is 15.8. The zero-order valence-electron chi connectivity index (χ0n) is 34.1. The number of Topliss-reactive ketones (excluding diaryl/α,β-unsaturated/α-hetero) is 2. The van der Waals surface area contributed by atoms with Gasteiger partial charge in [-0.25, -0.2) is 9.59 Å². The molecule has 4 aliphatic carbocycles. The van der Waals surface area contributed by atoms with Crippen molar-refractivity contribution in [3.8, 4) is 23.0 Å². The molecule has 2 unspecified atom stereocenters. The number of piperidine rings is 2. The van der Waals surface area contributed by atoms with Crippen molar-refractivity contribution in [2.24, 2.45) is 5.41 Å². The third kappa shape index (κ3) is 4.61. The molecule has 10 rings (SSSR count). The van der Waals surface area contributed by atoms with Crippen molar-refractivity contribution in [3.05, 3.63) is 46.5 Å². The SMILES string of the molecule is CCC(C)(COC(=O)O[C@@]12CCC(=O)[C@@H]3Oc4c(OC)ccc5c4C31CCN(C)[C@@H]2C5)COC(=O)O[C@@]12CCC(=O)[C@@H]3Oc4c(OC)ccc5c4[C@@]31CCN(C)[C@@H]2C5. The van der Waals surface area contributed by atoms with Crippen LogP contribution < -0.4 is 18.9 Å². The molecule has 14 nitrogen and oxygen atoms in total. The van der Waals surface area contributed by atoms with Gasteiger partial charge in [0, 0.05) is 29.4 Å². The maximum atomic E-state index is 14.0. The van der Waals surface area contributed by atoms with Gasteiger partial charge >= 0.3 is 12.3 Å². The van der Waals surface area contributed by atoms with Gasteiger partial charge < -0.3 is 37.9 Å². The number of methoxy groups -OCH3 is 2. The number of hydrogen-bond donors (Lipinski definition) is 0. The standard InChI is InChI=1S/C44H52N2O12/c1-7-40(2,22-53-38(49)57-43-14-12-26(47)36-41(43)16-18-45(3)30(43)20-24-8-10-28(51-5)34(55-36)32(24)41)23-54-39(50)58-44-15-13-27(48)37-42(44)17-19-46(4)31(44)21-25-9-11-29(52-6)35(56-37)33(25)42/h8-11,30-31,36-37H,7,12-23H2,1-6H3/t30-,31-,36+,37+,40?,41+,42?,43-,44-/m1/s1. The van der Waals surface area contributed by atoms with Gasteiger partial charge in [-0.05, 0) is 95.4 Å². The smallest absolute Gasteiger partial charge is 0.493 e. The molecule has 0 radical (unpaired) electrons. The van der Waals surface area contributed by atoms with Crippen LogP contribution in [0.15, 0.2) is 24.3 Å². The molecule has 310 valence electrons. The molecule has 2 aromatic rings. The monoisotopic (exact) mass is 800 g/mol. The minimum atomic E-state index is -1.07. The topological polar surface area (TPSA) is 149 Å². The molecule has 2 spiro atoms. The molecular formula is C44H52N2O12. The van der Waals surface area contributed by atoms with Gasteiger partial charge in [-0.2, -0.15) is 0 Å². The molecule has 14 heteroatoms. The van der Waals surface area contributed by atoms with Crippen molar-refractivity contribution >= 4 is 23.9 Å². The summed E-state index contributed by atoms with van der Waals surface area (Å²) in [6, 6.07) is 7.45. The second-order valence-electron chi connectivity index (χ2n) is 18.3. The second kappa shape index (κ2) is 12.7. The number of likely N-dealkylation sites (tertiary alicyclic amines) is 2. The zero-order chi connectivity index (χ0) is 40.6. The number of rotatable bonds is 9. The van der Waals surface area contributed by atoms with Crippen molar-refractivity contribution in [2.75, 3.05) is 54.6 Å². The van der Waals surface area contributed by atoms with E-state index in [0.717, 1.165) is 22.3 Å². The first kappa shape index (κ1) is 37.7. The van der Waals surface area contributed by atoms with Gasteiger partial charge in [-0.3, -0.25) is 19.4 Å². The Hall–Kier alpha value is -4.56. The molecule has 4 fully saturated rings. The molecule has 9 atom stereocenters. The lowest BCUT2D eigenvalue weighted by Gasteiger charge is -2.62. The zero-order valence-corrected chi connectivity index (χ0v) is 34.1. The first-order chi connectivity index (χ1) is 27.8. The van der Waals surface area contributed by atoms with Gasteiger partial charge in [0.2, 0.25) is 0 Å². The molecule has 2 aromatic carbocycles. The van der Waals surface area contributed by atoms with E-state index in [1.54, 1.807) is 14.2 Å². The summed E-state index contributed by atoms with van der Waals surface area (Å²) in [7, 11) is 7.24. The lowest BCUT2D eigenvalue weighted by atomic mass is 9.49. The van der Waals surface area contributed by atoms with Gasteiger partial charge in [-0.1, -0.05) is 26.0 Å². The van der Waals surface area contributed by atoms with Crippen LogP contribution in [0.3, 0.4) is 0 Å². The van der Waals surface area contributed by atoms with Crippen molar-refractivity contribution in [2.45, 2.75) is 118 Å². The van der Waals surface area contributed by atoms with Crippen LogP contribution in [0, 0.1) is 5.41 Å². The summed E-state index contributed by atoms with van der Waals surface area (Å²) in [5.41, 5.74) is -0.705. The Morgan fingerprint density at radius 2 is 1.16 bits per heavy atom. The number of ketones is 2. The van der Waals surface area contributed by atoms with Crippen molar-refractivity contribution < 1.29 is 57.1 Å². The van der Waals surface area contributed by atoms with Gasteiger partial charge in [0.15, 0.2) is 46.8 Å². The van der Waals surface area contributed by atoms with Crippen molar-refractivity contribution in [1.29, 1.82) is 0 Å². The van der Waals surface area contributed by atoms with E-state index in [1.165, 1.54) is 0 Å². The molecule has 2 saturated heterocycles. The number of hydrogen-bond acceptors (Lipinski definition) is 14. The largest absolute Gasteiger partial charge is 0.508 e. The van der Waals surface area contributed by atoms with Gasteiger partial charge in [0.1, 0.15) is 24.4 Å². The van der Waals surface area contributed by atoms with Crippen LogP contribution >= 0.6 is 0 Å². The summed E-state index contributed by atoms with van der Waals surface area (Å²) in [6.07, 6.45) is 0.725. The quantitative estimate of drug-likeness (QED) is 0.318. The number of ether oxygens (including phenoxy) is 8. The molecule has 0 amide bonds. The molecular weight excluding hydrogens is 748 g/mol. The highest BCUT2D eigenvalue weighted by Gasteiger charge is 2.77. The van der Waals surface area contributed by atoms with E-state index < -0.39 is 52.0 Å². The predicted octanol–water partition coefficient (Wildman–Crippen LogP) is 4.85. The molecule has 58 heavy (non-hydrogen) atoms. The Morgan fingerprint density at radius 3 is 1.55 bits per heavy atom. The summed E-state index contributed by atoms with van der Waals surface area (Å²) in [5.74, 6) is 2.23. The van der Waals surface area contributed by atoms with E-state index in [9.17, 15) is 19.2 Å². The fraction of sp³-hybridized carbons (Fsp3) is 0.636. The number of nitrogens with zero attached hydrogens (tertiary/aromatic N) is 2. The Kier molecular flexibility index (Phi) is 8.27. The van der Waals surface area contributed by atoms with Gasteiger partial charge in [-0.15, -0.1) is 0 Å². The summed E-state index contributed by atoms with van der Waals surface area (Å²) in [5, 5.41) is 0. The van der Waals surface area contributed by atoms with E-state index in [4.69, 9.17) is 37.9 Å². The molecule has 8 aliphatic rings. The predicted molar refractivity (Wildman–Crippen MR) is 205 cm³/mol. The molecule has 2 saturated carbocycles. The Balaban J connectivity index is 0.876. The maximum Gasteiger partial charge on any atom is 0.508 e. The second-order valence-corrected chi connectivity index (χ2v) is 18.3. The average Bonchev–Trinajstić information content (AvgIpc) is 3.77. The maximum absolute atomic E-state index is 14.0. The summed E-state index contributed by atoms with van der Waals surface area (Å²) < 4.78 is 49.4. The van der Waals surface area contributed by atoms with Gasteiger partial charge in [0.05, 0.1) is 37.1 Å². The van der Waals surface area contributed by atoms with E-state index in [2.05, 4.69) is 9.80 Å². The minimum Gasteiger partial charge on any atom is -0.493 e. The van der Waals surface area contributed by atoms with Crippen LogP contribution in [0.5, 0.6) is 23.0 Å². The first-order valence-corrected chi connectivity index (χ1v) is 20.7. The molecule has 4 aliphatic heterocycles. The highest BCUT2D eigenvalue weighted by Crippen LogP contribution is 2.67. The number of carbonyl (C=O) groups excluding carboxylic acids is 4. The van der Waals surface area contributed by atoms with E-state index >= 15 is 0 Å². The van der Waals surface area contributed by atoms with Crippen molar-refractivity contribution in [3.63, 3.8) is 0 Å². The summed E-state index contributed by atoms with van der Waals surface area (Å²) >= 11 is 0. The minimum absolute atomic E-state index is 0.00703. The van der Waals surface area contributed by atoms with Crippen LogP contribution in [-0.2, 0) is 52.2 Å². The molecule has 4 bridgehead atoms. The van der Waals surface area contributed by atoms with Crippen LogP contribution in [0.1, 0.15) is 81.0 Å². The molecule has 0 N–H and O–H groups in total. The first-order valence-electron chi connectivity index (χ1n) is 20.7. The lowest BCUT2D eigenvalue weighted by molar-refractivity contribution is -0.197. The lowest BCUT2D eigenvalue weighted by Crippen LogP contribution is -2.77. The van der Waals surface area contributed by atoms with Crippen LogP contribution in [-0.4, -0.2) is 124 Å². The molecule has 4 heterocycles. The third-order valence-corrected chi connectivity index (χ3v) is 15.8. The van der Waals surface area contributed by atoms with E-state index in [-0.39, 0.29) is 49.7 Å². The Bertz CT molecular complexity index is 2000. The van der Waals surface area contributed by atoms with Crippen LogP contribution in [0.25, 0.3) is 0 Å². The highest BCUT2D eigenvalue weighted by molar-refractivity contribution is 5.91. The molecule has 0 aromatic heterocycles. The van der Waals surface area contributed by atoms with Crippen LogP contribution in [0.2, 0.25) is 0 Å². The fourth-order valence-electron chi connectivity index (χ4n) is 12.8. The van der Waals surface area contributed by atoms with E-state index in [0.29, 0.717) is 81.0 Å². The van der Waals surface area contributed by atoms with Crippen LogP contribution in [0.4, 0.5) is 9.59 Å². The number of benzene rings is 2. The summed E-state index contributed by atoms with van der Waals surface area (Å²) in [6.45, 7) is 5.07. The number of likely N-dealkylation sites (N-methyl/N-ethyl adjacent to an activating group) is 2. The summed E-state index contributed by atoms with van der Waals surface area (Å²) in [4.78, 5) is 59.7. The number of carbonyl (C=O) groups is 4. The van der Waals surface area contributed by atoms with Gasteiger partial charge in [0.25, 0.3) is 0 Å².